The van der Waals surface area contributed by atoms with Crippen molar-refractivity contribution in [3.63, 3.8) is 0 Å². The highest BCUT2D eigenvalue weighted by molar-refractivity contribution is 7.95. The Morgan fingerprint density at radius 2 is 1.92 bits per heavy atom. The maximum Gasteiger partial charge on any atom is 0.101 e. The van der Waals surface area contributed by atoms with Gasteiger partial charge in [0.25, 0.3) is 0 Å². The molecule has 0 aromatic heterocycles. The molecule has 0 aliphatic carbocycles. The average molecular weight is 185 g/mol. The van der Waals surface area contributed by atoms with Crippen LogP contribution in [0.1, 0.15) is 12.5 Å². The molecule has 0 amide bonds. The highest BCUT2D eigenvalue weighted by Crippen LogP contribution is 2.16. The van der Waals surface area contributed by atoms with E-state index in [2.05, 4.69) is 5.32 Å². The summed E-state index contributed by atoms with van der Waals surface area (Å²) in [6.07, 6.45) is 0. The number of nitrogens with one attached hydrogen (secondary N) is 1. The molecule has 0 fully saturated rings. The third-order valence-electron chi connectivity index (χ3n) is 1.56. The minimum Gasteiger partial charge on any atom is -0.371 e. The fourth-order valence-electron chi connectivity index (χ4n) is 0.907. The molecule has 1 unspecified atom stereocenters. The van der Waals surface area contributed by atoms with Crippen molar-refractivity contribution in [1.82, 2.24) is 0 Å². The SMILES string of the molecule is Cc1ccc(NC(C)SF)cc1. The third-order valence-corrected chi connectivity index (χ3v) is 1.94. The van der Waals surface area contributed by atoms with Gasteiger partial charge in [-0.2, -0.15) is 3.89 Å². The molecular formula is C9H12FNS. The van der Waals surface area contributed by atoms with Gasteiger partial charge in [-0.15, -0.1) is 0 Å². The van der Waals surface area contributed by atoms with Gasteiger partial charge in [-0.05, 0) is 26.0 Å². The zero-order valence-electron chi connectivity index (χ0n) is 7.17. The second kappa shape index (κ2) is 4.36. The van der Waals surface area contributed by atoms with E-state index in [0.717, 1.165) is 5.69 Å². The summed E-state index contributed by atoms with van der Waals surface area (Å²) in [5, 5.41) is 2.82. The molecule has 0 spiro atoms. The van der Waals surface area contributed by atoms with Gasteiger partial charge in [-0.1, -0.05) is 17.7 Å². The lowest BCUT2D eigenvalue weighted by Crippen LogP contribution is -2.08. The van der Waals surface area contributed by atoms with Crippen molar-refractivity contribution in [2.24, 2.45) is 0 Å². The molecule has 1 atom stereocenters. The predicted octanol–water partition coefficient (Wildman–Crippen LogP) is 3.37. The van der Waals surface area contributed by atoms with Gasteiger partial charge in [0.15, 0.2) is 0 Å². The van der Waals surface area contributed by atoms with Crippen LogP contribution >= 0.6 is 12.1 Å². The van der Waals surface area contributed by atoms with Gasteiger partial charge in [0, 0.05) is 5.69 Å². The average Bonchev–Trinajstić information content (AvgIpc) is 2.09. The lowest BCUT2D eigenvalue weighted by Gasteiger charge is -2.09. The van der Waals surface area contributed by atoms with Gasteiger partial charge in [-0.3, -0.25) is 0 Å². The summed E-state index contributed by atoms with van der Waals surface area (Å²) in [7, 11) is 0. The van der Waals surface area contributed by atoms with Crippen molar-refractivity contribution in [3.05, 3.63) is 29.8 Å². The fraction of sp³-hybridized carbons (Fsp3) is 0.333. The van der Waals surface area contributed by atoms with E-state index < -0.39 is 0 Å². The zero-order chi connectivity index (χ0) is 8.97. The highest BCUT2D eigenvalue weighted by Gasteiger charge is 2.00. The van der Waals surface area contributed by atoms with E-state index in [0.29, 0.717) is 12.1 Å². The molecule has 12 heavy (non-hydrogen) atoms. The maximum atomic E-state index is 12.0. The Kier molecular flexibility index (Phi) is 3.41. The molecule has 1 aromatic carbocycles. The number of rotatable bonds is 3. The molecule has 1 rings (SSSR count). The largest absolute Gasteiger partial charge is 0.371 e. The van der Waals surface area contributed by atoms with E-state index in [4.69, 9.17) is 0 Å². The molecule has 1 N–H and O–H groups in total. The van der Waals surface area contributed by atoms with Gasteiger partial charge in [0.05, 0.1) is 12.1 Å². The normalized spacial score (nSPS) is 12.6. The summed E-state index contributed by atoms with van der Waals surface area (Å²) >= 11 is 0.313. The van der Waals surface area contributed by atoms with Crippen LogP contribution in [0.2, 0.25) is 0 Å². The van der Waals surface area contributed by atoms with Crippen LogP contribution in [0.25, 0.3) is 0 Å². The Morgan fingerprint density at radius 3 is 2.42 bits per heavy atom. The Bertz CT molecular complexity index is 235. The lowest BCUT2D eigenvalue weighted by atomic mass is 10.2. The zero-order valence-corrected chi connectivity index (χ0v) is 7.99. The number of benzene rings is 1. The molecule has 3 heteroatoms. The molecular weight excluding hydrogens is 173 g/mol. The van der Waals surface area contributed by atoms with Crippen molar-refractivity contribution >= 4 is 17.8 Å². The second-order valence-electron chi connectivity index (χ2n) is 2.74. The Labute approximate surface area is 76.7 Å². The quantitative estimate of drug-likeness (QED) is 0.724. The summed E-state index contributed by atoms with van der Waals surface area (Å²) in [6, 6.07) is 7.89. The molecule has 0 bridgehead atoms. The number of hydrogen-bond donors (Lipinski definition) is 1. The molecule has 66 valence electrons. The van der Waals surface area contributed by atoms with Crippen LogP contribution in [0.15, 0.2) is 24.3 Å². The topological polar surface area (TPSA) is 12.0 Å². The Morgan fingerprint density at radius 1 is 1.33 bits per heavy atom. The minimum absolute atomic E-state index is 0.187. The van der Waals surface area contributed by atoms with E-state index in [9.17, 15) is 3.89 Å². The molecule has 0 saturated carbocycles. The first-order valence-electron chi connectivity index (χ1n) is 3.83. The van der Waals surface area contributed by atoms with E-state index in [1.54, 1.807) is 6.92 Å². The third kappa shape index (κ3) is 2.74. The van der Waals surface area contributed by atoms with Crippen molar-refractivity contribution in [3.8, 4) is 0 Å². The first kappa shape index (κ1) is 9.39. The molecule has 0 heterocycles. The molecule has 1 aromatic rings. The van der Waals surface area contributed by atoms with Gasteiger partial charge in [0.1, 0.15) is 5.37 Å². The van der Waals surface area contributed by atoms with Crippen LogP contribution in [0.4, 0.5) is 9.57 Å². The number of hydrogen-bond acceptors (Lipinski definition) is 2. The van der Waals surface area contributed by atoms with Gasteiger partial charge < -0.3 is 5.32 Å². The summed E-state index contributed by atoms with van der Waals surface area (Å²) in [6.45, 7) is 3.81. The van der Waals surface area contributed by atoms with Crippen LogP contribution < -0.4 is 5.32 Å². The standard InChI is InChI=1S/C9H12FNS/c1-7-3-5-9(6-4-7)11-8(2)12-10/h3-6,8,11H,1-2H3. The monoisotopic (exact) mass is 185 g/mol. The molecule has 0 saturated heterocycles. The first-order valence-corrected chi connectivity index (χ1v) is 4.61. The number of aryl methyl sites for hydroxylation is 1. The highest BCUT2D eigenvalue weighted by atomic mass is 32.2. The van der Waals surface area contributed by atoms with E-state index in [1.165, 1.54) is 5.56 Å². The van der Waals surface area contributed by atoms with Crippen LogP contribution in [0.3, 0.4) is 0 Å². The Hall–Kier alpha value is -0.700. The summed E-state index contributed by atoms with van der Waals surface area (Å²) < 4.78 is 12.0. The second-order valence-corrected chi connectivity index (χ2v) is 3.63. The van der Waals surface area contributed by atoms with Gasteiger partial charge in [0.2, 0.25) is 0 Å². The molecule has 0 aliphatic rings. The summed E-state index contributed by atoms with van der Waals surface area (Å²) in [4.78, 5) is 0. The van der Waals surface area contributed by atoms with Crippen molar-refractivity contribution in [1.29, 1.82) is 0 Å². The maximum absolute atomic E-state index is 12.0. The number of anilines is 1. The van der Waals surface area contributed by atoms with Crippen molar-refractivity contribution in [2.75, 3.05) is 5.32 Å². The lowest BCUT2D eigenvalue weighted by molar-refractivity contribution is 0.909. The minimum atomic E-state index is -0.187. The van der Waals surface area contributed by atoms with Crippen molar-refractivity contribution in [2.45, 2.75) is 19.2 Å². The van der Waals surface area contributed by atoms with Crippen LogP contribution in [0.5, 0.6) is 0 Å². The first-order chi connectivity index (χ1) is 5.72. The van der Waals surface area contributed by atoms with Crippen molar-refractivity contribution < 1.29 is 3.89 Å². The summed E-state index contributed by atoms with van der Waals surface area (Å²) in [5.74, 6) is 0. The molecule has 1 nitrogen and oxygen atoms in total. The van der Waals surface area contributed by atoms with Crippen LogP contribution in [0, 0.1) is 6.92 Å². The predicted molar refractivity (Wildman–Crippen MR) is 53.0 cm³/mol. The van der Waals surface area contributed by atoms with Gasteiger partial charge in [-0.25, -0.2) is 0 Å². The smallest absolute Gasteiger partial charge is 0.101 e. The van der Waals surface area contributed by atoms with Crippen LogP contribution in [-0.2, 0) is 0 Å². The Balaban J connectivity index is 2.58. The number of halogens is 1. The van der Waals surface area contributed by atoms with E-state index in [1.807, 2.05) is 31.2 Å². The van der Waals surface area contributed by atoms with Gasteiger partial charge >= 0.3 is 0 Å². The summed E-state index contributed by atoms with van der Waals surface area (Å²) in [5.41, 5.74) is 2.17. The molecule has 0 radical (unpaired) electrons. The van der Waals surface area contributed by atoms with Crippen LogP contribution in [-0.4, -0.2) is 5.37 Å². The van der Waals surface area contributed by atoms with E-state index >= 15 is 0 Å². The van der Waals surface area contributed by atoms with E-state index in [-0.39, 0.29) is 5.37 Å². The fourth-order valence-corrected chi connectivity index (χ4v) is 1.09. The molecule has 0 aliphatic heterocycles.